The third-order valence-corrected chi connectivity index (χ3v) is 11.6. The lowest BCUT2D eigenvalue weighted by Crippen LogP contribution is -2.48. The van der Waals surface area contributed by atoms with Crippen LogP contribution in [0.2, 0.25) is 0 Å². The molecule has 0 N–H and O–H groups in total. The third kappa shape index (κ3) is 4.03. The van der Waals surface area contributed by atoms with Crippen LogP contribution in [0.15, 0.2) is 48.5 Å². The summed E-state index contributed by atoms with van der Waals surface area (Å²) < 4.78 is 0. The molecule has 0 aromatic heterocycles. The minimum Gasteiger partial charge on any atom is -0.299 e. The quantitative estimate of drug-likeness (QED) is 0.251. The van der Waals surface area contributed by atoms with Crippen molar-refractivity contribution in [2.45, 2.75) is 121 Å². The minimum absolute atomic E-state index is 0.105. The number of Topliss-reactive ketones (excluding diaryl/α,β-unsaturated/α-hetero) is 1. The number of hydrogen-bond acceptors (Lipinski definition) is 2. The van der Waals surface area contributed by atoms with Crippen molar-refractivity contribution < 1.29 is 4.79 Å². The summed E-state index contributed by atoms with van der Waals surface area (Å²) in [4.78, 5) is 16.0. The van der Waals surface area contributed by atoms with Crippen molar-refractivity contribution in [3.63, 3.8) is 0 Å². The van der Waals surface area contributed by atoms with E-state index in [9.17, 15) is 4.79 Å². The topological polar surface area (TPSA) is 20.3 Å². The van der Waals surface area contributed by atoms with Crippen LogP contribution in [0, 0.1) is 11.3 Å². The van der Waals surface area contributed by atoms with E-state index in [1.807, 2.05) is 0 Å². The molecule has 2 aromatic rings. The molecular formula is C38H51NO. The normalized spacial score (nSPS) is 27.6. The minimum atomic E-state index is -0.225. The lowest BCUT2D eigenvalue weighted by Gasteiger charge is -2.43. The Morgan fingerprint density at radius 3 is 2.23 bits per heavy atom. The summed E-state index contributed by atoms with van der Waals surface area (Å²) >= 11 is 0. The highest BCUT2D eigenvalue weighted by molar-refractivity contribution is 6.02. The van der Waals surface area contributed by atoms with E-state index in [-0.39, 0.29) is 16.4 Å². The number of ketones is 1. The molecule has 0 unspecified atom stereocenters. The van der Waals surface area contributed by atoms with E-state index in [0.717, 1.165) is 6.42 Å². The van der Waals surface area contributed by atoms with Gasteiger partial charge in [-0.25, -0.2) is 0 Å². The molecule has 0 radical (unpaired) electrons. The van der Waals surface area contributed by atoms with Gasteiger partial charge in [-0.2, -0.15) is 0 Å². The van der Waals surface area contributed by atoms with E-state index in [4.69, 9.17) is 0 Å². The molecule has 0 heterocycles. The zero-order valence-electron chi connectivity index (χ0n) is 25.7. The van der Waals surface area contributed by atoms with Gasteiger partial charge in [0.2, 0.25) is 0 Å². The van der Waals surface area contributed by atoms with Gasteiger partial charge in [-0.15, -0.1) is 0 Å². The average molecular weight is 538 g/mol. The Morgan fingerprint density at radius 1 is 0.825 bits per heavy atom. The molecule has 6 rings (SSSR count). The highest BCUT2D eigenvalue weighted by atomic mass is 16.1. The van der Waals surface area contributed by atoms with E-state index in [0.29, 0.717) is 18.1 Å². The van der Waals surface area contributed by atoms with Gasteiger partial charge >= 0.3 is 0 Å². The number of fused-ring (bicyclic) bond motifs is 3. The van der Waals surface area contributed by atoms with Gasteiger partial charge in [0.15, 0.2) is 0 Å². The van der Waals surface area contributed by atoms with Crippen molar-refractivity contribution in [2.75, 3.05) is 14.1 Å². The number of allylic oxidation sites excluding steroid dienone is 1. The Labute approximate surface area is 243 Å². The molecule has 4 aliphatic rings. The lowest BCUT2D eigenvalue weighted by atomic mass is 9.68. The molecule has 40 heavy (non-hydrogen) atoms. The second-order valence-corrected chi connectivity index (χ2v) is 13.8. The van der Waals surface area contributed by atoms with Gasteiger partial charge in [0.1, 0.15) is 5.78 Å². The molecule has 0 amide bonds. The fourth-order valence-electron chi connectivity index (χ4n) is 9.69. The maximum atomic E-state index is 13.6. The Kier molecular flexibility index (Phi) is 7.62. The van der Waals surface area contributed by atoms with Gasteiger partial charge in [-0.3, -0.25) is 9.69 Å². The molecule has 3 atom stereocenters. The molecule has 0 saturated heterocycles. The molecule has 2 fully saturated rings. The second-order valence-electron chi connectivity index (χ2n) is 13.8. The molecule has 2 heteroatoms. The van der Waals surface area contributed by atoms with Gasteiger partial charge in [0, 0.05) is 11.8 Å². The first kappa shape index (κ1) is 28.0. The van der Waals surface area contributed by atoms with E-state index in [1.165, 1.54) is 106 Å². The lowest BCUT2D eigenvalue weighted by molar-refractivity contribution is -0.125. The van der Waals surface area contributed by atoms with Crippen molar-refractivity contribution in [2.24, 2.45) is 11.3 Å². The molecule has 2 bridgehead atoms. The number of unbranched alkanes of at least 4 members (excludes halogenated alkanes) is 6. The number of nitrogens with zero attached hydrogens (tertiary/aromatic N) is 1. The van der Waals surface area contributed by atoms with Crippen LogP contribution in [0.4, 0.5) is 0 Å². The van der Waals surface area contributed by atoms with Crippen LogP contribution < -0.4 is 0 Å². The smallest absolute Gasteiger partial charge is 0.145 e. The van der Waals surface area contributed by atoms with Crippen molar-refractivity contribution in [1.82, 2.24) is 4.90 Å². The summed E-state index contributed by atoms with van der Waals surface area (Å²) in [7, 11) is 4.46. The maximum Gasteiger partial charge on any atom is 0.145 e. The molecule has 214 valence electrons. The predicted octanol–water partition coefficient (Wildman–Crippen LogP) is 9.74. The highest BCUT2D eigenvalue weighted by Crippen LogP contribution is 2.67. The summed E-state index contributed by atoms with van der Waals surface area (Å²) in [5.74, 6) is 0.939. The van der Waals surface area contributed by atoms with Crippen LogP contribution >= 0.6 is 0 Å². The molecule has 2 aromatic carbocycles. The predicted molar refractivity (Wildman–Crippen MR) is 169 cm³/mol. The van der Waals surface area contributed by atoms with Crippen LogP contribution in [-0.4, -0.2) is 30.3 Å². The number of benzene rings is 2. The first-order chi connectivity index (χ1) is 19.4. The summed E-state index contributed by atoms with van der Waals surface area (Å²) in [6, 6.07) is 16.8. The molecule has 2 saturated carbocycles. The summed E-state index contributed by atoms with van der Waals surface area (Å²) in [6.07, 6.45) is 20.8. The summed E-state index contributed by atoms with van der Waals surface area (Å²) in [5, 5.41) is 0. The number of carbonyl (C=O) groups is 1. The summed E-state index contributed by atoms with van der Waals surface area (Å²) in [6.45, 7) is 4.64. The Balaban J connectivity index is 1.47. The number of hydrogen-bond donors (Lipinski definition) is 0. The van der Waals surface area contributed by atoms with Gasteiger partial charge in [0.25, 0.3) is 0 Å². The van der Waals surface area contributed by atoms with Gasteiger partial charge in [0.05, 0.1) is 11.0 Å². The average Bonchev–Trinajstić information content (AvgIpc) is 3.53. The van der Waals surface area contributed by atoms with Crippen molar-refractivity contribution in [3.8, 4) is 11.1 Å². The van der Waals surface area contributed by atoms with E-state index in [2.05, 4.69) is 81.4 Å². The Morgan fingerprint density at radius 2 is 1.52 bits per heavy atom. The van der Waals surface area contributed by atoms with Crippen molar-refractivity contribution in [3.05, 3.63) is 65.2 Å². The molecule has 0 spiro atoms. The van der Waals surface area contributed by atoms with E-state index < -0.39 is 0 Å². The van der Waals surface area contributed by atoms with Gasteiger partial charge < -0.3 is 0 Å². The van der Waals surface area contributed by atoms with Gasteiger partial charge in [-0.05, 0) is 85.2 Å². The largest absolute Gasteiger partial charge is 0.299 e. The van der Waals surface area contributed by atoms with E-state index in [1.54, 1.807) is 11.1 Å². The molecular weight excluding hydrogens is 486 g/mol. The van der Waals surface area contributed by atoms with Gasteiger partial charge in [-0.1, -0.05) is 121 Å². The Bertz CT molecular complexity index is 1270. The molecule has 2 nitrogen and oxygen atoms in total. The zero-order valence-corrected chi connectivity index (χ0v) is 25.7. The van der Waals surface area contributed by atoms with Crippen LogP contribution in [0.5, 0.6) is 0 Å². The zero-order chi connectivity index (χ0) is 28.0. The fourth-order valence-corrected chi connectivity index (χ4v) is 9.69. The van der Waals surface area contributed by atoms with Crippen molar-refractivity contribution in [1.29, 1.82) is 0 Å². The molecule has 0 aliphatic heterocycles. The number of rotatable bonds is 12. The van der Waals surface area contributed by atoms with Crippen LogP contribution in [0.3, 0.4) is 0 Å². The highest BCUT2D eigenvalue weighted by Gasteiger charge is 2.68. The van der Waals surface area contributed by atoms with Crippen LogP contribution in [-0.2, 0) is 10.2 Å². The standard InChI is InChI=1S/C38H51NO/c1-5-7-9-14-22-36(23-15-10-8-6-2)31-18-12-11-17-29(31)30-21-20-28(25-32(30)36)33-26-37-24-16-13-19-34(37)38(33,39(3)4)27-35(37)40/h11-12,17-18,20-21,25-26,34H,5-10,13-16,19,22-24,27H2,1-4H3/t34-,37-,38-/m0/s1. The maximum absolute atomic E-state index is 13.6. The number of carbonyl (C=O) groups excluding carboxylic acids is 1. The first-order valence-corrected chi connectivity index (χ1v) is 16.6. The summed E-state index contributed by atoms with van der Waals surface area (Å²) in [5.41, 5.74) is 8.63. The first-order valence-electron chi connectivity index (χ1n) is 16.6. The third-order valence-electron chi connectivity index (χ3n) is 11.6. The fraction of sp³-hybridized carbons (Fsp3) is 0.605. The second kappa shape index (κ2) is 10.9. The molecule has 4 aliphatic carbocycles. The van der Waals surface area contributed by atoms with Crippen LogP contribution in [0.25, 0.3) is 16.7 Å². The van der Waals surface area contributed by atoms with Crippen LogP contribution in [0.1, 0.15) is 127 Å². The van der Waals surface area contributed by atoms with Crippen molar-refractivity contribution >= 4 is 11.4 Å². The SMILES string of the molecule is CCCCCCC1(CCCCCC)c2ccccc2-c2ccc(C3=C[C@@]45CCCC[C@@H]4[C@]3(N(C)C)CC5=O)cc21. The monoisotopic (exact) mass is 537 g/mol. The van der Waals surface area contributed by atoms with E-state index >= 15 is 0 Å². The Hall–Kier alpha value is -2.19. The number of likely N-dealkylation sites (N-methyl/N-ethyl adjacent to an activating group) is 1.